The zero-order chi connectivity index (χ0) is 13.0. The molecular weight excluding hydrogens is 232 g/mol. The predicted octanol–water partition coefficient (Wildman–Crippen LogP) is 1.23. The summed E-state index contributed by atoms with van der Waals surface area (Å²) in [5.41, 5.74) is -0.0746. The Morgan fingerprint density at radius 1 is 1.29 bits per heavy atom. The molecule has 0 saturated heterocycles. The molecule has 0 aliphatic rings. The van der Waals surface area contributed by atoms with E-state index in [2.05, 4.69) is 10.1 Å². The van der Waals surface area contributed by atoms with Crippen LogP contribution in [0.3, 0.4) is 0 Å². The van der Waals surface area contributed by atoms with Crippen LogP contribution in [-0.4, -0.2) is 32.9 Å². The fourth-order valence-electron chi connectivity index (χ4n) is 1.48. The minimum absolute atomic E-state index is 0.0746. The maximum Gasteiger partial charge on any atom is 0.209 e. The van der Waals surface area contributed by atoms with Crippen molar-refractivity contribution in [2.75, 3.05) is 27.8 Å². The summed E-state index contributed by atoms with van der Waals surface area (Å²) in [5.74, 6) is -2.58. The number of halogens is 2. The second kappa shape index (κ2) is 5.79. The van der Waals surface area contributed by atoms with E-state index in [1.165, 1.54) is 7.11 Å². The maximum atomic E-state index is 13.8. The highest BCUT2D eigenvalue weighted by atomic mass is 19.1. The number of rotatable bonds is 5. The first-order valence-corrected chi connectivity index (χ1v) is 4.99. The molecule has 17 heavy (non-hydrogen) atoms. The fourth-order valence-corrected chi connectivity index (χ4v) is 1.48. The van der Waals surface area contributed by atoms with Gasteiger partial charge in [-0.3, -0.25) is 0 Å². The smallest absolute Gasteiger partial charge is 0.209 e. The Balaban J connectivity index is 3.30. The van der Waals surface area contributed by atoms with Crippen molar-refractivity contribution in [2.24, 2.45) is 0 Å². The zero-order valence-electron chi connectivity index (χ0n) is 9.88. The van der Waals surface area contributed by atoms with Gasteiger partial charge in [-0.05, 0) is 13.1 Å². The molecular formula is C11H15F2NO3. The standard InChI is InChI=1S/C11H15F2NO3/c1-14-5-7(15)6-4-8(16-2)10(13)11(17-3)9(6)12/h4,7,14-15H,5H2,1-3H3. The van der Waals surface area contributed by atoms with E-state index in [0.29, 0.717) is 0 Å². The quantitative estimate of drug-likeness (QED) is 0.821. The molecule has 0 bridgehead atoms. The lowest BCUT2D eigenvalue weighted by Crippen LogP contribution is -2.18. The molecule has 6 heteroatoms. The number of benzene rings is 1. The molecule has 0 fully saturated rings. The van der Waals surface area contributed by atoms with E-state index >= 15 is 0 Å². The van der Waals surface area contributed by atoms with Gasteiger partial charge in [-0.25, -0.2) is 4.39 Å². The molecule has 2 N–H and O–H groups in total. The van der Waals surface area contributed by atoms with Crippen LogP contribution in [0.15, 0.2) is 6.07 Å². The van der Waals surface area contributed by atoms with Gasteiger partial charge in [0, 0.05) is 12.1 Å². The molecule has 0 aliphatic carbocycles. The summed E-state index contributed by atoms with van der Waals surface area (Å²) in [7, 11) is 4.01. The average Bonchev–Trinajstić information content (AvgIpc) is 2.30. The average molecular weight is 247 g/mol. The van der Waals surface area contributed by atoms with Crippen molar-refractivity contribution < 1.29 is 23.4 Å². The van der Waals surface area contributed by atoms with Gasteiger partial charge < -0.3 is 19.9 Å². The number of aliphatic hydroxyl groups is 1. The van der Waals surface area contributed by atoms with Crippen LogP contribution in [0.5, 0.6) is 11.5 Å². The summed E-state index contributed by atoms with van der Waals surface area (Å²) in [4.78, 5) is 0. The summed E-state index contributed by atoms with van der Waals surface area (Å²) in [6.07, 6.45) is -1.11. The van der Waals surface area contributed by atoms with Crippen molar-refractivity contribution in [1.82, 2.24) is 5.32 Å². The number of aliphatic hydroxyl groups excluding tert-OH is 1. The summed E-state index contributed by atoms with van der Waals surface area (Å²) in [5, 5.41) is 12.4. The van der Waals surface area contributed by atoms with Crippen LogP contribution in [0.25, 0.3) is 0 Å². The molecule has 0 amide bonds. The second-order valence-electron chi connectivity index (χ2n) is 3.40. The topological polar surface area (TPSA) is 50.7 Å². The Kier molecular flexibility index (Phi) is 4.65. The number of nitrogens with one attached hydrogen (secondary N) is 1. The van der Waals surface area contributed by atoms with Crippen LogP contribution in [0, 0.1) is 11.6 Å². The molecule has 1 aromatic rings. The molecule has 1 aromatic carbocycles. The lowest BCUT2D eigenvalue weighted by molar-refractivity contribution is 0.170. The molecule has 0 spiro atoms. The van der Waals surface area contributed by atoms with Crippen LogP contribution in [0.1, 0.15) is 11.7 Å². The van der Waals surface area contributed by atoms with Gasteiger partial charge >= 0.3 is 0 Å². The zero-order valence-corrected chi connectivity index (χ0v) is 9.88. The van der Waals surface area contributed by atoms with E-state index in [1.54, 1.807) is 7.05 Å². The van der Waals surface area contributed by atoms with Crippen LogP contribution in [0.2, 0.25) is 0 Å². The van der Waals surface area contributed by atoms with Crippen molar-refractivity contribution in [3.8, 4) is 11.5 Å². The third kappa shape index (κ3) is 2.65. The van der Waals surface area contributed by atoms with Gasteiger partial charge in [-0.2, -0.15) is 4.39 Å². The Bertz CT molecular complexity index is 399. The Hall–Kier alpha value is -1.40. The maximum absolute atomic E-state index is 13.8. The highest BCUT2D eigenvalue weighted by Gasteiger charge is 2.23. The van der Waals surface area contributed by atoms with Crippen molar-refractivity contribution in [1.29, 1.82) is 0 Å². The summed E-state index contributed by atoms with van der Waals surface area (Å²) < 4.78 is 36.8. The highest BCUT2D eigenvalue weighted by Crippen LogP contribution is 2.34. The largest absolute Gasteiger partial charge is 0.494 e. The molecule has 1 atom stereocenters. The van der Waals surface area contributed by atoms with E-state index in [4.69, 9.17) is 4.74 Å². The molecule has 0 aromatic heterocycles. The fraction of sp³-hybridized carbons (Fsp3) is 0.455. The first-order chi connectivity index (χ1) is 8.06. The van der Waals surface area contributed by atoms with Crippen LogP contribution in [-0.2, 0) is 0 Å². The molecule has 1 unspecified atom stereocenters. The lowest BCUT2D eigenvalue weighted by Gasteiger charge is -2.16. The van der Waals surface area contributed by atoms with E-state index in [0.717, 1.165) is 13.2 Å². The van der Waals surface area contributed by atoms with Gasteiger partial charge in [-0.15, -0.1) is 0 Å². The summed E-state index contributed by atoms with van der Waals surface area (Å²) >= 11 is 0. The Morgan fingerprint density at radius 2 is 1.94 bits per heavy atom. The van der Waals surface area contributed by atoms with Gasteiger partial charge in [0.15, 0.2) is 17.3 Å². The van der Waals surface area contributed by atoms with Crippen molar-refractivity contribution >= 4 is 0 Å². The molecule has 96 valence electrons. The van der Waals surface area contributed by atoms with Crippen LogP contribution in [0.4, 0.5) is 8.78 Å². The van der Waals surface area contributed by atoms with Gasteiger partial charge in [0.25, 0.3) is 0 Å². The first kappa shape index (κ1) is 13.7. The van der Waals surface area contributed by atoms with Crippen LogP contribution >= 0.6 is 0 Å². The number of likely N-dealkylation sites (N-methyl/N-ethyl adjacent to an activating group) is 1. The first-order valence-electron chi connectivity index (χ1n) is 4.99. The van der Waals surface area contributed by atoms with Gasteiger partial charge in [0.05, 0.1) is 20.3 Å². The second-order valence-corrected chi connectivity index (χ2v) is 3.40. The number of ether oxygens (including phenoxy) is 2. The summed E-state index contributed by atoms with van der Waals surface area (Å²) in [6.45, 7) is 0.134. The molecule has 1 rings (SSSR count). The minimum Gasteiger partial charge on any atom is -0.494 e. The van der Waals surface area contributed by atoms with E-state index in [1.807, 2.05) is 0 Å². The third-order valence-corrected chi connectivity index (χ3v) is 2.34. The van der Waals surface area contributed by atoms with Crippen molar-refractivity contribution in [3.63, 3.8) is 0 Å². The number of hydrogen-bond donors (Lipinski definition) is 2. The van der Waals surface area contributed by atoms with E-state index in [-0.39, 0.29) is 17.9 Å². The number of hydrogen-bond acceptors (Lipinski definition) is 4. The van der Waals surface area contributed by atoms with Gasteiger partial charge in [0.1, 0.15) is 0 Å². The van der Waals surface area contributed by atoms with E-state index < -0.39 is 23.5 Å². The van der Waals surface area contributed by atoms with Gasteiger partial charge in [-0.1, -0.05) is 0 Å². The number of methoxy groups -OCH3 is 2. The molecule has 0 heterocycles. The van der Waals surface area contributed by atoms with Crippen molar-refractivity contribution in [3.05, 3.63) is 23.3 Å². The highest BCUT2D eigenvalue weighted by molar-refractivity contribution is 5.43. The van der Waals surface area contributed by atoms with Gasteiger partial charge in [0.2, 0.25) is 5.82 Å². The minimum atomic E-state index is -1.11. The summed E-state index contributed by atoms with van der Waals surface area (Å²) in [6, 6.07) is 1.12. The monoisotopic (exact) mass is 247 g/mol. The SMILES string of the molecule is CNCC(O)c1cc(OC)c(F)c(OC)c1F. The normalized spacial score (nSPS) is 12.4. The Morgan fingerprint density at radius 3 is 2.41 bits per heavy atom. The van der Waals surface area contributed by atoms with Crippen molar-refractivity contribution in [2.45, 2.75) is 6.10 Å². The predicted molar refractivity (Wildman–Crippen MR) is 58.3 cm³/mol. The molecule has 0 radical (unpaired) electrons. The molecule has 0 aliphatic heterocycles. The van der Waals surface area contributed by atoms with E-state index in [9.17, 15) is 13.9 Å². The molecule has 0 saturated carbocycles. The third-order valence-electron chi connectivity index (χ3n) is 2.34. The van der Waals surface area contributed by atoms with Crippen LogP contribution < -0.4 is 14.8 Å². The molecule has 4 nitrogen and oxygen atoms in total. The Labute approximate surface area is 98.2 Å². The lowest BCUT2D eigenvalue weighted by atomic mass is 10.1.